The van der Waals surface area contributed by atoms with Gasteiger partial charge < -0.3 is 9.47 Å². The van der Waals surface area contributed by atoms with Crippen molar-refractivity contribution in [3.8, 4) is 0 Å². The monoisotopic (exact) mass is 243 g/mol. The minimum atomic E-state index is -1.04. The van der Waals surface area contributed by atoms with Crippen LogP contribution in [0.5, 0.6) is 0 Å². The molecule has 1 fully saturated rings. The fraction of sp³-hybridized carbons (Fsp3) is 0.600. The lowest BCUT2D eigenvalue weighted by Gasteiger charge is -2.14. The molecule has 1 heterocycles. The Balaban J connectivity index is 2.50. The van der Waals surface area contributed by atoms with Crippen LogP contribution >= 0.6 is 0 Å². The average Bonchev–Trinajstić information content (AvgIpc) is 2.44. The Morgan fingerprint density at radius 3 is 2.47 bits per heavy atom. The molecule has 7 heteroatoms. The molecule has 0 saturated carbocycles. The summed E-state index contributed by atoms with van der Waals surface area (Å²) in [6.07, 6.45) is -1.20. The van der Waals surface area contributed by atoms with Gasteiger partial charge in [0.25, 0.3) is 5.91 Å². The highest BCUT2D eigenvalue weighted by Crippen LogP contribution is 2.15. The molecule has 0 N–H and O–H groups in total. The summed E-state index contributed by atoms with van der Waals surface area (Å²) in [4.78, 5) is 45.2. The van der Waals surface area contributed by atoms with E-state index >= 15 is 0 Å². The molecule has 0 aromatic rings. The molecule has 1 rings (SSSR count). The maximum atomic E-state index is 11.6. The van der Waals surface area contributed by atoms with E-state index in [2.05, 4.69) is 4.74 Å². The second-order valence-electron chi connectivity index (χ2n) is 3.53. The molecule has 0 aliphatic carbocycles. The number of esters is 2. The molecular formula is C10H13NO6. The predicted molar refractivity (Wildman–Crippen MR) is 53.5 cm³/mol. The lowest BCUT2D eigenvalue weighted by molar-refractivity contribution is -0.155. The van der Waals surface area contributed by atoms with E-state index in [-0.39, 0.29) is 19.6 Å². The molecule has 94 valence electrons. The van der Waals surface area contributed by atoms with Gasteiger partial charge in [-0.05, 0) is 0 Å². The molecule has 0 spiro atoms. The van der Waals surface area contributed by atoms with Gasteiger partial charge in [-0.1, -0.05) is 0 Å². The van der Waals surface area contributed by atoms with Gasteiger partial charge in [0.05, 0.1) is 13.0 Å². The van der Waals surface area contributed by atoms with E-state index in [9.17, 15) is 19.2 Å². The Morgan fingerprint density at radius 2 is 1.94 bits per heavy atom. The number of carbonyl (C=O) groups is 4. The molecule has 1 aliphatic heterocycles. The molecule has 1 saturated heterocycles. The summed E-state index contributed by atoms with van der Waals surface area (Å²) in [6.45, 7) is 2.32. The molecule has 2 amide bonds. The van der Waals surface area contributed by atoms with Crippen molar-refractivity contribution in [1.29, 1.82) is 0 Å². The van der Waals surface area contributed by atoms with Gasteiger partial charge in [0.15, 0.2) is 6.10 Å². The van der Waals surface area contributed by atoms with E-state index in [1.807, 2.05) is 0 Å². The summed E-state index contributed by atoms with van der Waals surface area (Å²) >= 11 is 0. The number of hydrogen-bond donors (Lipinski definition) is 0. The first-order valence-corrected chi connectivity index (χ1v) is 5.06. The number of amides is 2. The highest BCUT2D eigenvalue weighted by molar-refractivity contribution is 6.05. The average molecular weight is 243 g/mol. The number of ether oxygens (including phenoxy) is 2. The number of nitrogens with zero attached hydrogens (tertiary/aromatic N) is 1. The zero-order chi connectivity index (χ0) is 13.0. The van der Waals surface area contributed by atoms with Gasteiger partial charge in [0.2, 0.25) is 5.91 Å². The van der Waals surface area contributed by atoms with Gasteiger partial charge in [-0.3, -0.25) is 24.1 Å². The van der Waals surface area contributed by atoms with Crippen molar-refractivity contribution in [2.75, 3.05) is 13.2 Å². The highest BCUT2D eigenvalue weighted by Gasteiger charge is 2.40. The molecule has 0 aromatic heterocycles. The Kier molecular flexibility index (Phi) is 4.19. The van der Waals surface area contributed by atoms with E-state index in [0.717, 1.165) is 4.90 Å². The Labute approximate surface area is 97.7 Å². The normalized spacial score (nSPS) is 19.4. The molecule has 7 nitrogen and oxygen atoms in total. The molecule has 1 unspecified atom stereocenters. The van der Waals surface area contributed by atoms with Gasteiger partial charge in [0.1, 0.15) is 6.61 Å². The number of imide groups is 1. The van der Waals surface area contributed by atoms with Crippen LogP contribution in [0, 0.1) is 0 Å². The summed E-state index contributed by atoms with van der Waals surface area (Å²) in [5, 5.41) is 0. The van der Waals surface area contributed by atoms with Crippen molar-refractivity contribution in [3.05, 3.63) is 0 Å². The van der Waals surface area contributed by atoms with E-state index < -0.39 is 29.9 Å². The Bertz CT molecular complexity index is 364. The van der Waals surface area contributed by atoms with Crippen molar-refractivity contribution in [2.24, 2.45) is 0 Å². The molecule has 0 aromatic carbocycles. The highest BCUT2D eigenvalue weighted by atomic mass is 16.5. The number of likely N-dealkylation sites (tertiary alicyclic amines) is 1. The van der Waals surface area contributed by atoms with Gasteiger partial charge >= 0.3 is 11.9 Å². The topological polar surface area (TPSA) is 90.0 Å². The lowest BCUT2D eigenvalue weighted by atomic mass is 10.3. The van der Waals surface area contributed by atoms with Crippen LogP contribution in [-0.4, -0.2) is 47.9 Å². The Morgan fingerprint density at radius 1 is 1.29 bits per heavy atom. The minimum absolute atomic E-state index is 0.0188. The number of rotatable bonds is 4. The molecule has 0 bridgehead atoms. The van der Waals surface area contributed by atoms with Crippen molar-refractivity contribution < 1.29 is 28.7 Å². The van der Waals surface area contributed by atoms with Crippen molar-refractivity contribution in [2.45, 2.75) is 26.4 Å². The fourth-order valence-corrected chi connectivity index (χ4v) is 1.46. The first-order valence-electron chi connectivity index (χ1n) is 5.06. The molecular weight excluding hydrogens is 230 g/mol. The first kappa shape index (κ1) is 13.1. The summed E-state index contributed by atoms with van der Waals surface area (Å²) in [5.41, 5.74) is 0. The third-order valence-electron chi connectivity index (χ3n) is 2.13. The van der Waals surface area contributed by atoms with Gasteiger partial charge in [-0.25, -0.2) is 0 Å². The molecule has 1 aliphatic rings. The van der Waals surface area contributed by atoms with Crippen LogP contribution in [0.3, 0.4) is 0 Å². The van der Waals surface area contributed by atoms with Crippen LogP contribution in [-0.2, 0) is 28.7 Å². The zero-order valence-electron chi connectivity index (χ0n) is 9.60. The number of carbonyl (C=O) groups excluding carboxylic acids is 4. The maximum Gasteiger partial charge on any atom is 0.303 e. The summed E-state index contributed by atoms with van der Waals surface area (Å²) < 4.78 is 9.32. The summed E-state index contributed by atoms with van der Waals surface area (Å²) in [6, 6.07) is 0. The maximum absolute atomic E-state index is 11.6. The second-order valence-corrected chi connectivity index (χ2v) is 3.53. The van der Waals surface area contributed by atoms with Crippen molar-refractivity contribution >= 4 is 23.8 Å². The van der Waals surface area contributed by atoms with Gasteiger partial charge in [-0.15, -0.1) is 0 Å². The minimum Gasteiger partial charge on any atom is -0.464 e. The molecule has 17 heavy (non-hydrogen) atoms. The van der Waals surface area contributed by atoms with E-state index in [4.69, 9.17) is 4.74 Å². The third kappa shape index (κ3) is 3.54. The van der Waals surface area contributed by atoms with E-state index in [1.54, 1.807) is 0 Å². The largest absolute Gasteiger partial charge is 0.464 e. The fourth-order valence-electron chi connectivity index (χ4n) is 1.46. The van der Waals surface area contributed by atoms with Crippen LogP contribution in [0.25, 0.3) is 0 Å². The zero-order valence-corrected chi connectivity index (χ0v) is 9.60. The van der Waals surface area contributed by atoms with Crippen LogP contribution in [0.2, 0.25) is 0 Å². The quantitative estimate of drug-likeness (QED) is 0.476. The van der Waals surface area contributed by atoms with Crippen LogP contribution in [0.15, 0.2) is 0 Å². The predicted octanol–water partition coefficient (Wildman–Crippen LogP) is -0.760. The van der Waals surface area contributed by atoms with Crippen molar-refractivity contribution in [1.82, 2.24) is 4.90 Å². The van der Waals surface area contributed by atoms with Crippen LogP contribution in [0.4, 0.5) is 0 Å². The van der Waals surface area contributed by atoms with Gasteiger partial charge in [-0.2, -0.15) is 0 Å². The first-order chi connectivity index (χ1) is 7.91. The third-order valence-corrected chi connectivity index (χ3v) is 2.13. The van der Waals surface area contributed by atoms with Crippen molar-refractivity contribution in [3.63, 3.8) is 0 Å². The van der Waals surface area contributed by atoms with Gasteiger partial charge in [0, 0.05) is 13.8 Å². The van der Waals surface area contributed by atoms with Crippen LogP contribution in [0.1, 0.15) is 20.3 Å². The lowest BCUT2D eigenvalue weighted by Crippen LogP contribution is -2.36. The molecule has 1 atom stereocenters. The van der Waals surface area contributed by atoms with E-state index in [0.29, 0.717) is 0 Å². The summed E-state index contributed by atoms with van der Waals surface area (Å²) in [5.74, 6) is -2.11. The van der Waals surface area contributed by atoms with E-state index in [1.165, 1.54) is 13.8 Å². The second kappa shape index (κ2) is 5.42. The Hall–Kier alpha value is -1.92. The SMILES string of the molecule is CC(=O)OCCN1C(=O)CC(OC(C)=O)C1=O. The summed E-state index contributed by atoms with van der Waals surface area (Å²) in [7, 11) is 0. The van der Waals surface area contributed by atoms with Crippen LogP contribution < -0.4 is 0 Å². The standard InChI is InChI=1S/C10H13NO6/c1-6(12)16-4-3-11-9(14)5-8(10(11)15)17-7(2)13/h8H,3-5H2,1-2H3. The molecule has 0 radical (unpaired) electrons. The number of hydrogen-bond acceptors (Lipinski definition) is 6. The smallest absolute Gasteiger partial charge is 0.303 e.